The zero-order valence-corrected chi connectivity index (χ0v) is 15.6. The molecule has 1 aromatic rings. The van der Waals surface area contributed by atoms with Crippen molar-refractivity contribution >= 4 is 35.7 Å². The average Bonchev–Trinajstić information content (AvgIpc) is 2.91. The summed E-state index contributed by atoms with van der Waals surface area (Å²) in [5, 5.41) is 11.3. The highest BCUT2D eigenvalue weighted by Gasteiger charge is 2.26. The van der Waals surface area contributed by atoms with Crippen LogP contribution in [0.15, 0.2) is 23.2 Å². The molecule has 21 heavy (non-hydrogen) atoms. The van der Waals surface area contributed by atoms with E-state index >= 15 is 0 Å². The highest BCUT2D eigenvalue weighted by atomic mass is 127. The van der Waals surface area contributed by atoms with Crippen LogP contribution in [0.2, 0.25) is 0 Å². The Kier molecular flexibility index (Phi) is 6.46. The summed E-state index contributed by atoms with van der Waals surface area (Å²) in [5.41, 5.74) is 2.61. The van der Waals surface area contributed by atoms with Gasteiger partial charge in [-0.1, -0.05) is 12.8 Å². The standard InChI is InChI=1S/C16H24N2O2.HI/c1-17-16(19)20-13-9-10-15(18(2,3)4)14(11-13)12-7-5-6-8-12;/h9-12H,5-8H2,1-4H3;1H. The Bertz CT molecular complexity index is 503. The summed E-state index contributed by atoms with van der Waals surface area (Å²) in [6.07, 6.45) is 4.48. The number of aliphatic imine (C=N–C) groups is 1. The van der Waals surface area contributed by atoms with Gasteiger partial charge in [-0.15, -0.1) is 24.0 Å². The maximum atomic E-state index is 11.3. The number of hydrogen-bond donors (Lipinski definition) is 0. The molecule has 1 aliphatic carbocycles. The molecule has 5 heteroatoms. The van der Waals surface area contributed by atoms with Gasteiger partial charge in [0.15, 0.2) is 0 Å². The summed E-state index contributed by atoms with van der Waals surface area (Å²) in [6.45, 7) is 0. The summed E-state index contributed by atoms with van der Waals surface area (Å²) < 4.78 is 5.99. The van der Waals surface area contributed by atoms with Gasteiger partial charge in [-0.05, 0) is 30.9 Å². The van der Waals surface area contributed by atoms with Crippen molar-refractivity contribution in [3.8, 4) is 5.75 Å². The van der Waals surface area contributed by atoms with E-state index in [2.05, 4.69) is 32.2 Å². The summed E-state index contributed by atoms with van der Waals surface area (Å²) in [6, 6.07) is 5.96. The summed E-state index contributed by atoms with van der Waals surface area (Å²) in [5.74, 6) is 1.18. The molecule has 0 heterocycles. The molecule has 0 amide bonds. The molecule has 0 radical (unpaired) electrons. The largest absolute Gasteiger partial charge is 0.567 e. The molecule has 0 aliphatic heterocycles. The van der Waals surface area contributed by atoms with Crippen LogP contribution in [0.25, 0.3) is 0 Å². The Morgan fingerprint density at radius 3 is 2.38 bits per heavy atom. The second-order valence-corrected chi connectivity index (χ2v) is 6.31. The zero-order valence-electron chi connectivity index (χ0n) is 13.3. The van der Waals surface area contributed by atoms with Gasteiger partial charge in [0.2, 0.25) is 0 Å². The first kappa shape index (κ1) is 18.2. The second-order valence-electron chi connectivity index (χ2n) is 6.31. The first-order valence-corrected chi connectivity index (χ1v) is 7.19. The number of benzene rings is 1. The molecule has 1 saturated carbocycles. The van der Waals surface area contributed by atoms with Crippen molar-refractivity contribution in [3.05, 3.63) is 23.8 Å². The highest BCUT2D eigenvalue weighted by Crippen LogP contribution is 2.41. The highest BCUT2D eigenvalue weighted by molar-refractivity contribution is 14.0. The van der Waals surface area contributed by atoms with E-state index in [0.29, 0.717) is 11.7 Å². The molecule has 0 unspecified atom stereocenters. The third-order valence-corrected chi connectivity index (χ3v) is 3.90. The van der Waals surface area contributed by atoms with Crippen LogP contribution in [0.3, 0.4) is 0 Å². The van der Waals surface area contributed by atoms with E-state index in [1.807, 2.05) is 12.1 Å². The topological polar surface area (TPSA) is 44.7 Å². The van der Waals surface area contributed by atoms with E-state index in [9.17, 15) is 5.11 Å². The van der Waals surface area contributed by atoms with Gasteiger partial charge in [0.25, 0.3) is 0 Å². The fourth-order valence-electron chi connectivity index (χ4n) is 2.92. The van der Waals surface area contributed by atoms with E-state index in [1.54, 1.807) is 0 Å². The minimum Gasteiger partial charge on any atom is -0.567 e. The van der Waals surface area contributed by atoms with Gasteiger partial charge >= 0.3 is 0 Å². The van der Waals surface area contributed by atoms with E-state index in [4.69, 9.17) is 4.74 Å². The third kappa shape index (κ3) is 4.57. The van der Waals surface area contributed by atoms with Crippen LogP contribution >= 0.6 is 24.0 Å². The first-order chi connectivity index (χ1) is 9.41. The van der Waals surface area contributed by atoms with Crippen LogP contribution in [0.1, 0.15) is 37.2 Å². The van der Waals surface area contributed by atoms with E-state index in [0.717, 1.165) is 4.48 Å². The van der Waals surface area contributed by atoms with Gasteiger partial charge < -0.3 is 9.84 Å². The van der Waals surface area contributed by atoms with Crippen LogP contribution in [0.4, 0.5) is 5.69 Å². The summed E-state index contributed by atoms with van der Waals surface area (Å²) in [7, 11) is 7.95. The SMILES string of the molecule is CN=C([O-])Oc1ccc([N+](C)(C)C)c(C2CCCC2)c1.I. The molecule has 4 nitrogen and oxygen atoms in total. The van der Waals surface area contributed by atoms with Crippen molar-refractivity contribution in [3.63, 3.8) is 0 Å². The van der Waals surface area contributed by atoms with Crippen LogP contribution in [-0.4, -0.2) is 34.3 Å². The molecule has 0 saturated heterocycles. The molecule has 2 rings (SSSR count). The predicted octanol–water partition coefficient (Wildman–Crippen LogP) is 2.88. The van der Waals surface area contributed by atoms with Gasteiger partial charge in [0, 0.05) is 24.4 Å². The van der Waals surface area contributed by atoms with Gasteiger partial charge in [-0.3, -0.25) is 9.48 Å². The molecule has 0 bridgehead atoms. The van der Waals surface area contributed by atoms with Crippen LogP contribution in [0, 0.1) is 0 Å². The Labute approximate surface area is 144 Å². The maximum Gasteiger partial charge on any atom is 0.149 e. The summed E-state index contributed by atoms with van der Waals surface area (Å²) >= 11 is 0. The van der Waals surface area contributed by atoms with E-state index in [1.165, 1.54) is 44.0 Å². The Hall–Kier alpha value is -0.820. The number of hydrogen-bond acceptors (Lipinski definition) is 3. The number of nitrogens with zero attached hydrogens (tertiary/aromatic N) is 2. The van der Waals surface area contributed by atoms with E-state index in [-0.39, 0.29) is 24.0 Å². The van der Waals surface area contributed by atoms with Gasteiger partial charge in [0.1, 0.15) is 11.8 Å². The monoisotopic (exact) mass is 404 g/mol. The van der Waals surface area contributed by atoms with Crippen molar-refractivity contribution < 1.29 is 9.84 Å². The zero-order chi connectivity index (χ0) is 14.8. The first-order valence-electron chi connectivity index (χ1n) is 7.19. The van der Waals surface area contributed by atoms with E-state index < -0.39 is 6.08 Å². The maximum absolute atomic E-state index is 11.3. The fraction of sp³-hybridized carbons (Fsp3) is 0.562. The number of rotatable bonds is 3. The Balaban J connectivity index is 0.00000220. The van der Waals surface area contributed by atoms with Crippen molar-refractivity contribution in [2.45, 2.75) is 31.6 Å². The lowest BCUT2D eigenvalue weighted by Crippen LogP contribution is -2.36. The quantitative estimate of drug-likeness (QED) is 0.337. The Morgan fingerprint density at radius 1 is 1.24 bits per heavy atom. The molecule has 0 aromatic heterocycles. The van der Waals surface area contributed by atoms with Crippen molar-refractivity contribution in [1.82, 2.24) is 4.48 Å². The number of quaternary nitrogens is 1. The molecule has 0 spiro atoms. The number of halogens is 1. The minimum absolute atomic E-state index is 0. The molecule has 118 valence electrons. The molecule has 1 fully saturated rings. The lowest BCUT2D eigenvalue weighted by atomic mass is 9.94. The van der Waals surface area contributed by atoms with Crippen molar-refractivity contribution in [1.29, 1.82) is 0 Å². The molecular formula is C16H25IN2O2. The van der Waals surface area contributed by atoms with Crippen molar-refractivity contribution in [2.24, 2.45) is 4.99 Å². The average molecular weight is 404 g/mol. The Morgan fingerprint density at radius 2 is 1.86 bits per heavy atom. The lowest BCUT2D eigenvalue weighted by Gasteiger charge is -2.29. The lowest BCUT2D eigenvalue weighted by molar-refractivity contribution is -0.240. The van der Waals surface area contributed by atoms with Gasteiger partial charge in [-0.25, -0.2) is 0 Å². The predicted molar refractivity (Wildman–Crippen MR) is 96.6 cm³/mol. The molecule has 0 N–H and O–H groups in total. The van der Waals surface area contributed by atoms with Gasteiger partial charge in [-0.2, -0.15) is 0 Å². The van der Waals surface area contributed by atoms with Gasteiger partial charge in [0.05, 0.1) is 21.1 Å². The second kappa shape index (κ2) is 7.45. The van der Waals surface area contributed by atoms with Crippen LogP contribution < -0.4 is 14.3 Å². The number of ether oxygens (including phenoxy) is 1. The summed E-state index contributed by atoms with van der Waals surface area (Å²) in [4.78, 5) is 3.52. The normalized spacial score (nSPS) is 16.7. The van der Waals surface area contributed by atoms with Crippen LogP contribution in [-0.2, 0) is 0 Å². The smallest absolute Gasteiger partial charge is 0.149 e. The third-order valence-electron chi connectivity index (χ3n) is 3.90. The fourth-order valence-corrected chi connectivity index (χ4v) is 2.92. The molecular weight excluding hydrogens is 379 g/mol. The minimum atomic E-state index is -0.541. The van der Waals surface area contributed by atoms with Crippen LogP contribution in [0.5, 0.6) is 5.75 Å². The molecule has 0 atom stereocenters. The molecule has 1 aromatic carbocycles. The van der Waals surface area contributed by atoms with Crippen molar-refractivity contribution in [2.75, 3.05) is 28.2 Å². The molecule has 1 aliphatic rings.